The largest absolute Gasteiger partial charge is 0.496 e. The number of rotatable bonds is 2. The zero-order valence-corrected chi connectivity index (χ0v) is 12.1. The summed E-state index contributed by atoms with van der Waals surface area (Å²) in [7, 11) is 1.29. The van der Waals surface area contributed by atoms with Crippen LogP contribution in [0.25, 0.3) is 0 Å². The average molecular weight is 338 g/mol. The maximum Gasteiger partial charge on any atom is 0.420 e. The van der Waals surface area contributed by atoms with Crippen LogP contribution in [0.2, 0.25) is 0 Å². The van der Waals surface area contributed by atoms with E-state index in [1.807, 2.05) is 0 Å². The number of halogens is 4. The molecule has 1 fully saturated rings. The highest BCUT2D eigenvalue weighted by Crippen LogP contribution is 2.43. The fraction of sp³-hybridized carbons (Fsp3) is 0.538. The molecule has 0 spiro atoms. The fourth-order valence-corrected chi connectivity index (χ4v) is 2.95. The summed E-state index contributed by atoms with van der Waals surface area (Å²) in [6.07, 6.45) is -2.58. The SMILES string of the molecule is COc1c(C2CCCNC2)cc(Br)cc1C(F)(F)F. The molecule has 1 saturated heterocycles. The summed E-state index contributed by atoms with van der Waals surface area (Å²) in [6, 6.07) is 2.80. The molecular formula is C13H15BrF3NO. The number of methoxy groups -OCH3 is 1. The Labute approximate surface area is 118 Å². The molecule has 1 aromatic carbocycles. The van der Waals surface area contributed by atoms with Crippen molar-refractivity contribution in [3.63, 3.8) is 0 Å². The van der Waals surface area contributed by atoms with Gasteiger partial charge < -0.3 is 10.1 Å². The van der Waals surface area contributed by atoms with Crippen LogP contribution in [-0.2, 0) is 6.18 Å². The van der Waals surface area contributed by atoms with Crippen molar-refractivity contribution in [2.75, 3.05) is 20.2 Å². The number of alkyl halides is 3. The predicted molar refractivity (Wildman–Crippen MR) is 70.5 cm³/mol. The van der Waals surface area contributed by atoms with Crippen LogP contribution in [0, 0.1) is 0 Å². The van der Waals surface area contributed by atoms with Gasteiger partial charge >= 0.3 is 6.18 Å². The number of ether oxygens (including phenoxy) is 1. The lowest BCUT2D eigenvalue weighted by molar-refractivity contribution is -0.138. The topological polar surface area (TPSA) is 21.3 Å². The zero-order chi connectivity index (χ0) is 14.0. The van der Waals surface area contributed by atoms with Gasteiger partial charge in [-0.3, -0.25) is 0 Å². The first-order valence-electron chi connectivity index (χ1n) is 6.09. The van der Waals surface area contributed by atoms with E-state index in [1.165, 1.54) is 7.11 Å². The van der Waals surface area contributed by atoms with Crippen LogP contribution in [-0.4, -0.2) is 20.2 Å². The standard InChI is InChI=1S/C13H15BrF3NO/c1-19-12-10(8-3-2-4-18-7-8)5-9(14)6-11(12)13(15,16)17/h5-6,8,18H,2-4,7H2,1H3. The Morgan fingerprint density at radius 2 is 2.11 bits per heavy atom. The molecule has 0 aromatic heterocycles. The van der Waals surface area contributed by atoms with E-state index in [1.54, 1.807) is 6.07 Å². The second-order valence-electron chi connectivity index (χ2n) is 4.62. The third-order valence-electron chi connectivity index (χ3n) is 3.33. The van der Waals surface area contributed by atoms with Crippen LogP contribution in [0.15, 0.2) is 16.6 Å². The Balaban J connectivity index is 2.50. The smallest absolute Gasteiger partial charge is 0.420 e. The summed E-state index contributed by atoms with van der Waals surface area (Å²) in [5, 5.41) is 3.21. The van der Waals surface area contributed by atoms with Crippen molar-refractivity contribution in [1.29, 1.82) is 0 Å². The van der Waals surface area contributed by atoms with Gasteiger partial charge in [-0.25, -0.2) is 0 Å². The molecule has 0 saturated carbocycles. The first kappa shape index (κ1) is 14.7. The van der Waals surface area contributed by atoms with Crippen LogP contribution in [0.4, 0.5) is 13.2 Å². The van der Waals surface area contributed by atoms with E-state index in [9.17, 15) is 13.2 Å². The second-order valence-corrected chi connectivity index (χ2v) is 5.53. The molecule has 0 radical (unpaired) electrons. The predicted octanol–water partition coefficient (Wildman–Crippen LogP) is 3.94. The van der Waals surface area contributed by atoms with Gasteiger partial charge in [-0.1, -0.05) is 15.9 Å². The Morgan fingerprint density at radius 1 is 1.37 bits per heavy atom. The van der Waals surface area contributed by atoms with Crippen LogP contribution in [0.5, 0.6) is 5.75 Å². The molecular weight excluding hydrogens is 323 g/mol. The maximum atomic E-state index is 13.0. The fourth-order valence-electron chi connectivity index (χ4n) is 2.47. The van der Waals surface area contributed by atoms with Crippen LogP contribution in [0.3, 0.4) is 0 Å². The van der Waals surface area contributed by atoms with E-state index < -0.39 is 11.7 Å². The lowest BCUT2D eigenvalue weighted by Crippen LogP contribution is -2.29. The van der Waals surface area contributed by atoms with E-state index in [-0.39, 0.29) is 11.7 Å². The molecule has 19 heavy (non-hydrogen) atoms. The van der Waals surface area contributed by atoms with Crippen molar-refractivity contribution in [2.24, 2.45) is 0 Å². The molecule has 1 heterocycles. The van der Waals surface area contributed by atoms with Gasteiger partial charge in [-0.15, -0.1) is 0 Å². The number of piperidine rings is 1. The summed E-state index contributed by atoms with van der Waals surface area (Å²) in [4.78, 5) is 0. The van der Waals surface area contributed by atoms with Crippen molar-refractivity contribution >= 4 is 15.9 Å². The third kappa shape index (κ3) is 3.23. The van der Waals surface area contributed by atoms with Crippen LogP contribution < -0.4 is 10.1 Å². The van der Waals surface area contributed by atoms with Gasteiger partial charge in [-0.05, 0) is 31.5 Å². The molecule has 1 unspecified atom stereocenters. The van der Waals surface area contributed by atoms with Crippen molar-refractivity contribution in [3.05, 3.63) is 27.7 Å². The van der Waals surface area contributed by atoms with Gasteiger partial charge in [0.25, 0.3) is 0 Å². The Kier molecular flexibility index (Phi) is 4.40. The molecule has 1 atom stereocenters. The highest BCUT2D eigenvalue weighted by atomic mass is 79.9. The number of hydrogen-bond donors (Lipinski definition) is 1. The van der Waals surface area contributed by atoms with Crippen molar-refractivity contribution in [1.82, 2.24) is 5.32 Å². The van der Waals surface area contributed by atoms with Gasteiger partial charge in [0.1, 0.15) is 5.75 Å². The molecule has 106 valence electrons. The van der Waals surface area contributed by atoms with Gasteiger partial charge in [0.2, 0.25) is 0 Å². The monoisotopic (exact) mass is 337 g/mol. The van der Waals surface area contributed by atoms with Gasteiger partial charge in [-0.2, -0.15) is 13.2 Å². The molecule has 1 aliphatic rings. The van der Waals surface area contributed by atoms with E-state index in [4.69, 9.17) is 4.74 Å². The molecule has 0 amide bonds. The van der Waals surface area contributed by atoms with E-state index >= 15 is 0 Å². The molecule has 2 rings (SSSR count). The number of hydrogen-bond acceptors (Lipinski definition) is 2. The summed E-state index contributed by atoms with van der Waals surface area (Å²) in [5.74, 6) is 0.00620. The van der Waals surface area contributed by atoms with Crippen molar-refractivity contribution in [3.8, 4) is 5.75 Å². The second kappa shape index (κ2) is 5.71. The Hall–Kier alpha value is -0.750. The van der Waals surface area contributed by atoms with Crippen LogP contribution >= 0.6 is 15.9 Å². The van der Waals surface area contributed by atoms with E-state index in [0.29, 0.717) is 16.6 Å². The Bertz CT molecular complexity index is 456. The first-order valence-corrected chi connectivity index (χ1v) is 6.88. The minimum Gasteiger partial charge on any atom is -0.496 e. The minimum absolute atomic E-state index is 0.0515. The quantitative estimate of drug-likeness (QED) is 0.882. The molecule has 1 N–H and O–H groups in total. The van der Waals surface area contributed by atoms with Crippen LogP contribution in [0.1, 0.15) is 29.9 Å². The molecule has 1 aliphatic heterocycles. The van der Waals surface area contributed by atoms with Crippen molar-refractivity contribution < 1.29 is 17.9 Å². The zero-order valence-electron chi connectivity index (χ0n) is 10.5. The lowest BCUT2D eigenvalue weighted by Gasteiger charge is -2.26. The summed E-state index contributed by atoms with van der Waals surface area (Å²) < 4.78 is 44.6. The molecule has 6 heteroatoms. The third-order valence-corrected chi connectivity index (χ3v) is 3.79. The summed E-state index contributed by atoms with van der Waals surface area (Å²) in [5.41, 5.74) is -0.0960. The van der Waals surface area contributed by atoms with Gasteiger partial charge in [0.15, 0.2) is 0 Å². The van der Waals surface area contributed by atoms with E-state index in [2.05, 4.69) is 21.2 Å². The van der Waals surface area contributed by atoms with E-state index in [0.717, 1.165) is 25.5 Å². The molecule has 0 aliphatic carbocycles. The summed E-state index contributed by atoms with van der Waals surface area (Å²) in [6.45, 7) is 1.60. The Morgan fingerprint density at radius 3 is 2.63 bits per heavy atom. The highest BCUT2D eigenvalue weighted by molar-refractivity contribution is 9.10. The first-order chi connectivity index (χ1) is 8.93. The summed E-state index contributed by atoms with van der Waals surface area (Å²) >= 11 is 3.16. The normalized spacial score (nSPS) is 20.4. The molecule has 0 bridgehead atoms. The minimum atomic E-state index is -4.41. The van der Waals surface area contributed by atoms with Gasteiger partial charge in [0, 0.05) is 22.5 Å². The van der Waals surface area contributed by atoms with Crippen molar-refractivity contribution in [2.45, 2.75) is 24.9 Å². The van der Waals surface area contributed by atoms with Gasteiger partial charge in [0.05, 0.1) is 12.7 Å². The number of nitrogens with one attached hydrogen (secondary N) is 1. The number of benzene rings is 1. The lowest BCUT2D eigenvalue weighted by atomic mass is 9.89. The molecule has 1 aromatic rings. The highest BCUT2D eigenvalue weighted by Gasteiger charge is 2.37. The molecule has 2 nitrogen and oxygen atoms in total. The average Bonchev–Trinajstić information content (AvgIpc) is 2.37. The maximum absolute atomic E-state index is 13.0.